The van der Waals surface area contributed by atoms with E-state index in [-0.39, 0.29) is 11.7 Å². The van der Waals surface area contributed by atoms with Crippen molar-refractivity contribution in [2.45, 2.75) is 16.7 Å². The number of carbonyl (C=O) groups is 1. The van der Waals surface area contributed by atoms with Crippen LogP contribution in [0.3, 0.4) is 0 Å². The van der Waals surface area contributed by atoms with Gasteiger partial charge in [-0.05, 0) is 79.7 Å². The van der Waals surface area contributed by atoms with Gasteiger partial charge in [0.15, 0.2) is 5.65 Å². The number of hydrogen-bond acceptors (Lipinski definition) is 7. The van der Waals surface area contributed by atoms with Crippen LogP contribution in [0.25, 0.3) is 11.0 Å². The van der Waals surface area contributed by atoms with Gasteiger partial charge in [-0.25, -0.2) is 19.3 Å². The molecule has 0 radical (unpaired) electrons. The molecule has 36 heavy (non-hydrogen) atoms. The molecule has 2 aromatic heterocycles. The summed E-state index contributed by atoms with van der Waals surface area (Å²) in [7, 11) is 0. The molecule has 5 rings (SSSR count). The first kappa shape index (κ1) is 23.3. The molecule has 5 aromatic rings. The Bertz CT molecular complexity index is 1580. The topological polar surface area (TPSA) is 100 Å². The molecule has 0 bridgehead atoms. The van der Waals surface area contributed by atoms with Gasteiger partial charge in [-0.1, -0.05) is 17.8 Å². The van der Waals surface area contributed by atoms with Crippen LogP contribution in [0.5, 0.6) is 5.75 Å². The Hall–Kier alpha value is -4.50. The molecule has 0 unspecified atom stereocenters. The lowest BCUT2D eigenvalue weighted by molar-refractivity contribution is 0.102. The molecule has 178 valence electrons. The maximum atomic E-state index is 13.6. The van der Waals surface area contributed by atoms with Gasteiger partial charge in [0.25, 0.3) is 5.91 Å². The number of aryl methyl sites for hydroxylation is 1. The van der Waals surface area contributed by atoms with E-state index in [1.54, 1.807) is 42.5 Å². The second kappa shape index (κ2) is 10.0. The highest BCUT2D eigenvalue weighted by atomic mass is 32.2. The third-order valence-corrected chi connectivity index (χ3v) is 6.36. The molecule has 3 N–H and O–H groups in total. The number of anilines is 3. The van der Waals surface area contributed by atoms with Gasteiger partial charge in [0.2, 0.25) is 0 Å². The van der Waals surface area contributed by atoms with E-state index in [9.17, 15) is 14.3 Å². The average molecular weight is 498 g/mol. The van der Waals surface area contributed by atoms with E-state index >= 15 is 0 Å². The first-order chi connectivity index (χ1) is 17.4. The number of aromatic nitrogens is 3. The molecule has 0 aliphatic heterocycles. The Labute approximate surface area is 210 Å². The first-order valence-corrected chi connectivity index (χ1v) is 11.8. The number of pyridine rings is 1. The van der Waals surface area contributed by atoms with Crippen LogP contribution in [-0.2, 0) is 0 Å². The lowest BCUT2D eigenvalue weighted by atomic mass is 10.1. The third kappa shape index (κ3) is 5.26. The van der Waals surface area contributed by atoms with Crippen LogP contribution >= 0.6 is 11.8 Å². The van der Waals surface area contributed by atoms with Crippen molar-refractivity contribution in [1.82, 2.24) is 15.0 Å². The van der Waals surface area contributed by atoms with Crippen LogP contribution in [0.15, 0.2) is 95.0 Å². The molecule has 0 atom stereocenters. The van der Waals surface area contributed by atoms with Gasteiger partial charge >= 0.3 is 0 Å². The van der Waals surface area contributed by atoms with Crippen LogP contribution in [0.4, 0.5) is 21.6 Å². The molecule has 7 nitrogen and oxygen atoms in total. The first-order valence-electron chi connectivity index (χ1n) is 11.0. The Balaban J connectivity index is 1.52. The normalized spacial score (nSPS) is 10.8. The number of rotatable bonds is 6. The molecule has 1 amide bonds. The summed E-state index contributed by atoms with van der Waals surface area (Å²) in [5, 5.41) is 16.4. The van der Waals surface area contributed by atoms with Crippen molar-refractivity contribution in [2.24, 2.45) is 0 Å². The molecule has 0 saturated heterocycles. The molecular formula is C27H20FN5O2S. The average Bonchev–Trinajstić information content (AvgIpc) is 2.86. The second-order valence-electron chi connectivity index (χ2n) is 7.94. The third-order valence-electron chi connectivity index (χ3n) is 5.28. The molecule has 3 aromatic carbocycles. The van der Waals surface area contributed by atoms with Crippen LogP contribution in [0, 0.1) is 12.7 Å². The van der Waals surface area contributed by atoms with Gasteiger partial charge in [0, 0.05) is 26.7 Å². The fourth-order valence-electron chi connectivity index (χ4n) is 3.53. The number of phenolic OH excluding ortho intramolecular Hbond substituents is 1. The Morgan fingerprint density at radius 3 is 2.61 bits per heavy atom. The summed E-state index contributed by atoms with van der Waals surface area (Å²) < 4.78 is 13.6. The number of carbonyl (C=O) groups excluding carboxylic acids is 1. The fraction of sp³-hybridized carbons (Fsp3) is 0.0370. The van der Waals surface area contributed by atoms with Crippen molar-refractivity contribution in [2.75, 3.05) is 10.6 Å². The van der Waals surface area contributed by atoms with E-state index in [1.807, 2.05) is 25.1 Å². The monoisotopic (exact) mass is 497 g/mol. The van der Waals surface area contributed by atoms with E-state index in [4.69, 9.17) is 0 Å². The number of phenols is 1. The smallest absolute Gasteiger partial charge is 0.255 e. The van der Waals surface area contributed by atoms with Crippen molar-refractivity contribution in [1.29, 1.82) is 0 Å². The highest BCUT2D eigenvalue weighted by Crippen LogP contribution is 2.37. The summed E-state index contributed by atoms with van der Waals surface area (Å²) in [6.07, 6.45) is 1.43. The summed E-state index contributed by atoms with van der Waals surface area (Å²) in [4.78, 5) is 27.8. The van der Waals surface area contributed by atoms with Gasteiger partial charge < -0.3 is 15.7 Å². The number of aromatic hydroxyl groups is 1. The van der Waals surface area contributed by atoms with Gasteiger partial charge in [-0.3, -0.25) is 4.79 Å². The molecular weight excluding hydrogens is 477 g/mol. The summed E-state index contributed by atoms with van der Waals surface area (Å²) in [5.41, 5.74) is 2.77. The number of hydrogen-bond donors (Lipinski definition) is 3. The molecule has 0 spiro atoms. The van der Waals surface area contributed by atoms with Gasteiger partial charge in [0.05, 0.1) is 11.1 Å². The lowest BCUT2D eigenvalue weighted by Gasteiger charge is -2.15. The zero-order chi connectivity index (χ0) is 25.1. The summed E-state index contributed by atoms with van der Waals surface area (Å²) >= 11 is 1.46. The lowest BCUT2D eigenvalue weighted by Crippen LogP contribution is -2.12. The predicted molar refractivity (Wildman–Crippen MR) is 138 cm³/mol. The van der Waals surface area contributed by atoms with Crippen molar-refractivity contribution in [3.8, 4) is 5.75 Å². The standard InChI is InChI=1S/C27H20FN5O2S/c1-16-5-11-22-25(31-16)29-15-30-26(22)33-23-13-17(27(35)32-19-4-2-3-18(28)14-19)6-12-24(23)36-21-9-7-20(34)8-10-21/h2-15,34H,1H3,(H,32,35)(H,29,30,31,33). The van der Waals surface area contributed by atoms with E-state index in [0.717, 1.165) is 20.9 Å². The Morgan fingerprint density at radius 1 is 0.972 bits per heavy atom. The van der Waals surface area contributed by atoms with Crippen LogP contribution in [0.1, 0.15) is 16.1 Å². The molecule has 0 aliphatic rings. The largest absolute Gasteiger partial charge is 0.508 e. The number of amides is 1. The highest BCUT2D eigenvalue weighted by Gasteiger charge is 2.14. The number of fused-ring (bicyclic) bond motifs is 1. The summed E-state index contributed by atoms with van der Waals surface area (Å²) in [5.74, 6) is -0.0926. The number of nitrogens with one attached hydrogen (secondary N) is 2. The summed E-state index contributed by atoms with van der Waals surface area (Å²) in [6, 6.07) is 21.6. The number of benzene rings is 3. The van der Waals surface area contributed by atoms with Crippen molar-refractivity contribution in [3.05, 3.63) is 102 Å². The molecule has 0 aliphatic carbocycles. The molecule has 0 saturated carbocycles. The van der Waals surface area contributed by atoms with Crippen molar-refractivity contribution >= 4 is 45.9 Å². The Kier molecular flexibility index (Phi) is 6.46. The molecule has 9 heteroatoms. The van der Waals surface area contributed by atoms with Crippen LogP contribution in [-0.4, -0.2) is 26.0 Å². The maximum absolute atomic E-state index is 13.6. The minimum Gasteiger partial charge on any atom is -0.508 e. The minimum absolute atomic E-state index is 0.178. The molecule has 0 fully saturated rings. The SMILES string of the molecule is Cc1ccc2c(Nc3cc(C(=O)Nc4cccc(F)c4)ccc3Sc3ccc(O)cc3)ncnc2n1. The van der Waals surface area contributed by atoms with Gasteiger partial charge in [-0.2, -0.15) is 0 Å². The van der Waals surface area contributed by atoms with Gasteiger partial charge in [0.1, 0.15) is 23.7 Å². The van der Waals surface area contributed by atoms with E-state index < -0.39 is 5.82 Å². The van der Waals surface area contributed by atoms with Gasteiger partial charge in [-0.15, -0.1) is 0 Å². The highest BCUT2D eigenvalue weighted by molar-refractivity contribution is 7.99. The Morgan fingerprint density at radius 2 is 1.81 bits per heavy atom. The second-order valence-corrected chi connectivity index (χ2v) is 9.06. The quantitative estimate of drug-likeness (QED) is 0.252. The van der Waals surface area contributed by atoms with Crippen molar-refractivity contribution < 1.29 is 14.3 Å². The van der Waals surface area contributed by atoms with E-state index in [1.165, 1.54) is 36.3 Å². The predicted octanol–water partition coefficient (Wildman–Crippen LogP) is 6.33. The van der Waals surface area contributed by atoms with E-state index in [0.29, 0.717) is 28.4 Å². The zero-order valence-corrected chi connectivity index (χ0v) is 19.9. The van der Waals surface area contributed by atoms with Crippen LogP contribution in [0.2, 0.25) is 0 Å². The van der Waals surface area contributed by atoms with Crippen LogP contribution < -0.4 is 10.6 Å². The van der Waals surface area contributed by atoms with E-state index in [2.05, 4.69) is 25.6 Å². The maximum Gasteiger partial charge on any atom is 0.255 e. The fourth-order valence-corrected chi connectivity index (χ4v) is 4.41. The number of nitrogens with zero attached hydrogens (tertiary/aromatic N) is 3. The molecule has 2 heterocycles. The zero-order valence-electron chi connectivity index (χ0n) is 19.1. The van der Waals surface area contributed by atoms with Crippen molar-refractivity contribution in [3.63, 3.8) is 0 Å². The minimum atomic E-state index is -0.435. The number of halogens is 1. The summed E-state index contributed by atoms with van der Waals surface area (Å²) in [6.45, 7) is 1.89.